The molecule has 0 fully saturated rings. The van der Waals surface area contributed by atoms with Crippen molar-refractivity contribution in [3.05, 3.63) is 60.2 Å². The summed E-state index contributed by atoms with van der Waals surface area (Å²) in [5.41, 5.74) is 0.596. The van der Waals surface area contributed by atoms with Gasteiger partial charge in [0, 0.05) is 17.7 Å². The predicted molar refractivity (Wildman–Crippen MR) is 71.0 cm³/mol. The molecular formula is C15H16O4. The Balaban J connectivity index is 2.85. The third-order valence-electron chi connectivity index (χ3n) is 2.12. The van der Waals surface area contributed by atoms with E-state index in [1.165, 1.54) is 12.2 Å². The Bertz CT molecular complexity index is 448. The Morgan fingerprint density at radius 3 is 1.84 bits per heavy atom. The molecule has 0 radical (unpaired) electrons. The van der Waals surface area contributed by atoms with Crippen LogP contribution in [0.4, 0.5) is 0 Å². The van der Waals surface area contributed by atoms with Gasteiger partial charge in [0.1, 0.15) is 0 Å². The topological polar surface area (TPSA) is 52.6 Å². The van der Waals surface area contributed by atoms with Crippen LogP contribution in [0.2, 0.25) is 0 Å². The summed E-state index contributed by atoms with van der Waals surface area (Å²) in [6.07, 6.45) is 4.59. The van der Waals surface area contributed by atoms with Crippen molar-refractivity contribution >= 4 is 11.9 Å². The van der Waals surface area contributed by atoms with Gasteiger partial charge in [-0.05, 0) is 13.8 Å². The van der Waals surface area contributed by atoms with Crippen LogP contribution in [0.5, 0.6) is 0 Å². The number of benzene rings is 1. The van der Waals surface area contributed by atoms with Gasteiger partial charge in [-0.2, -0.15) is 0 Å². The lowest BCUT2D eigenvalue weighted by atomic mass is 10.2. The molecule has 0 aliphatic carbocycles. The van der Waals surface area contributed by atoms with E-state index < -0.39 is 18.2 Å². The molecular weight excluding hydrogens is 244 g/mol. The highest BCUT2D eigenvalue weighted by Crippen LogP contribution is 2.19. The van der Waals surface area contributed by atoms with Gasteiger partial charge in [-0.1, -0.05) is 42.5 Å². The second-order valence-electron chi connectivity index (χ2n) is 3.62. The Hall–Kier alpha value is -2.36. The van der Waals surface area contributed by atoms with Gasteiger partial charge in [0.05, 0.1) is 0 Å². The van der Waals surface area contributed by atoms with E-state index in [0.29, 0.717) is 5.56 Å². The second kappa shape index (κ2) is 7.87. The van der Waals surface area contributed by atoms with Crippen LogP contribution < -0.4 is 0 Å². The maximum atomic E-state index is 11.4. The fourth-order valence-corrected chi connectivity index (χ4v) is 1.33. The van der Waals surface area contributed by atoms with E-state index >= 15 is 0 Å². The van der Waals surface area contributed by atoms with Gasteiger partial charge < -0.3 is 9.47 Å². The molecule has 0 atom stereocenters. The van der Waals surface area contributed by atoms with Crippen molar-refractivity contribution in [2.45, 2.75) is 20.1 Å². The van der Waals surface area contributed by atoms with Crippen molar-refractivity contribution in [2.24, 2.45) is 0 Å². The highest BCUT2D eigenvalue weighted by atomic mass is 16.7. The fraction of sp³-hybridized carbons (Fsp3) is 0.200. The van der Waals surface area contributed by atoms with Gasteiger partial charge in [0.15, 0.2) is 0 Å². The minimum Gasteiger partial charge on any atom is -0.417 e. The summed E-state index contributed by atoms with van der Waals surface area (Å²) in [5, 5.41) is 0. The summed E-state index contributed by atoms with van der Waals surface area (Å²) in [7, 11) is 0. The summed E-state index contributed by atoms with van der Waals surface area (Å²) >= 11 is 0. The molecule has 0 heterocycles. The maximum absolute atomic E-state index is 11.4. The zero-order valence-electron chi connectivity index (χ0n) is 10.9. The van der Waals surface area contributed by atoms with E-state index in [0.717, 1.165) is 0 Å². The highest BCUT2D eigenvalue weighted by molar-refractivity contribution is 5.83. The lowest BCUT2D eigenvalue weighted by Gasteiger charge is -2.16. The number of ether oxygens (including phenoxy) is 2. The van der Waals surface area contributed by atoms with Crippen LogP contribution in [0.15, 0.2) is 54.6 Å². The minimum atomic E-state index is -1.05. The average Bonchev–Trinajstić information content (AvgIpc) is 2.39. The number of esters is 2. The number of allylic oxidation sites excluding steroid dienone is 2. The number of carbonyl (C=O) groups excluding carboxylic acids is 2. The largest absolute Gasteiger partial charge is 0.417 e. The molecule has 4 heteroatoms. The monoisotopic (exact) mass is 260 g/mol. The van der Waals surface area contributed by atoms with Crippen LogP contribution in [0.1, 0.15) is 25.7 Å². The summed E-state index contributed by atoms with van der Waals surface area (Å²) in [4.78, 5) is 22.9. The molecule has 1 aromatic rings. The molecule has 0 spiro atoms. The summed E-state index contributed by atoms with van der Waals surface area (Å²) in [6, 6.07) is 8.81. The van der Waals surface area contributed by atoms with Gasteiger partial charge in [-0.15, -0.1) is 0 Å². The van der Waals surface area contributed by atoms with Crippen LogP contribution in [0.25, 0.3) is 0 Å². The first kappa shape index (κ1) is 14.7. The number of rotatable bonds is 5. The molecule has 0 aliphatic rings. The molecule has 0 amide bonds. The van der Waals surface area contributed by atoms with Crippen molar-refractivity contribution in [2.75, 3.05) is 0 Å². The van der Waals surface area contributed by atoms with E-state index in [9.17, 15) is 9.59 Å². The molecule has 100 valence electrons. The first-order valence-electron chi connectivity index (χ1n) is 5.89. The molecule has 0 aliphatic heterocycles. The molecule has 0 N–H and O–H groups in total. The highest BCUT2D eigenvalue weighted by Gasteiger charge is 2.18. The zero-order valence-corrected chi connectivity index (χ0v) is 10.9. The summed E-state index contributed by atoms with van der Waals surface area (Å²) < 4.78 is 10.2. The van der Waals surface area contributed by atoms with E-state index in [2.05, 4.69) is 0 Å². The first-order valence-corrected chi connectivity index (χ1v) is 5.89. The molecule has 0 unspecified atom stereocenters. The standard InChI is InChI=1S/C15H16O4/c1-3-8-13(16)18-15(19-14(17)9-4-2)12-10-6-5-7-11-12/h3-11,15H,1-2H3/b8-3+,9-4+. The minimum absolute atomic E-state index is 0.565. The second-order valence-corrected chi connectivity index (χ2v) is 3.62. The van der Waals surface area contributed by atoms with E-state index in [-0.39, 0.29) is 0 Å². The van der Waals surface area contributed by atoms with Crippen LogP contribution in [0, 0.1) is 0 Å². The molecule has 0 aromatic heterocycles. The zero-order chi connectivity index (χ0) is 14.1. The molecule has 0 saturated heterocycles. The van der Waals surface area contributed by atoms with Crippen LogP contribution in [0.3, 0.4) is 0 Å². The molecule has 4 nitrogen and oxygen atoms in total. The Morgan fingerprint density at radius 2 is 1.42 bits per heavy atom. The maximum Gasteiger partial charge on any atom is 0.333 e. The molecule has 1 rings (SSSR count). The molecule has 0 bridgehead atoms. The third-order valence-corrected chi connectivity index (χ3v) is 2.12. The Labute approximate surface area is 112 Å². The number of carbonyl (C=O) groups is 2. The van der Waals surface area contributed by atoms with Gasteiger partial charge in [-0.3, -0.25) is 0 Å². The SMILES string of the molecule is C/C=C/C(=O)OC(OC(=O)/C=C/C)c1ccccc1. The van der Waals surface area contributed by atoms with E-state index in [4.69, 9.17) is 9.47 Å². The van der Waals surface area contributed by atoms with Crippen LogP contribution >= 0.6 is 0 Å². The average molecular weight is 260 g/mol. The van der Waals surface area contributed by atoms with Crippen LogP contribution in [-0.4, -0.2) is 11.9 Å². The van der Waals surface area contributed by atoms with Gasteiger partial charge in [0.25, 0.3) is 6.29 Å². The Morgan fingerprint density at radius 1 is 0.947 bits per heavy atom. The fourth-order valence-electron chi connectivity index (χ4n) is 1.33. The first-order chi connectivity index (χ1) is 9.17. The Kier molecular flexibility index (Phi) is 6.09. The van der Waals surface area contributed by atoms with Crippen molar-refractivity contribution in [1.82, 2.24) is 0 Å². The molecule has 19 heavy (non-hydrogen) atoms. The van der Waals surface area contributed by atoms with Gasteiger partial charge in [-0.25, -0.2) is 9.59 Å². The number of hydrogen-bond donors (Lipinski definition) is 0. The lowest BCUT2D eigenvalue weighted by molar-refractivity contribution is -0.182. The van der Waals surface area contributed by atoms with Crippen molar-refractivity contribution in [1.29, 1.82) is 0 Å². The van der Waals surface area contributed by atoms with E-state index in [1.807, 2.05) is 6.07 Å². The molecule has 1 aromatic carbocycles. The third kappa shape index (κ3) is 5.21. The quantitative estimate of drug-likeness (QED) is 0.464. The normalized spacial score (nSPS) is 11.1. The summed E-state index contributed by atoms with van der Waals surface area (Å²) in [5.74, 6) is -1.13. The smallest absolute Gasteiger partial charge is 0.333 e. The number of hydrogen-bond acceptors (Lipinski definition) is 4. The van der Waals surface area contributed by atoms with Gasteiger partial charge >= 0.3 is 11.9 Å². The van der Waals surface area contributed by atoms with Crippen molar-refractivity contribution in [3.8, 4) is 0 Å². The summed E-state index contributed by atoms with van der Waals surface area (Å²) in [6.45, 7) is 3.40. The van der Waals surface area contributed by atoms with Crippen molar-refractivity contribution in [3.63, 3.8) is 0 Å². The van der Waals surface area contributed by atoms with Crippen molar-refractivity contribution < 1.29 is 19.1 Å². The lowest BCUT2D eigenvalue weighted by Crippen LogP contribution is -2.16. The van der Waals surface area contributed by atoms with E-state index in [1.54, 1.807) is 50.3 Å². The van der Waals surface area contributed by atoms with Gasteiger partial charge in [0.2, 0.25) is 0 Å². The van der Waals surface area contributed by atoms with Crippen LogP contribution in [-0.2, 0) is 19.1 Å². The molecule has 0 saturated carbocycles. The predicted octanol–water partition coefficient (Wildman–Crippen LogP) is 2.92.